The highest BCUT2D eigenvalue weighted by Gasteiger charge is 2.25. The van der Waals surface area contributed by atoms with Crippen molar-refractivity contribution in [2.75, 3.05) is 19.8 Å². The lowest BCUT2D eigenvalue weighted by molar-refractivity contribution is -0.132. The molecular weight excluding hydrogens is 232 g/mol. The Balaban J connectivity index is 4.04. The number of nitrogens with zero attached hydrogens (tertiary/aromatic N) is 1. The van der Waals surface area contributed by atoms with E-state index < -0.39 is 11.8 Å². The fourth-order valence-electron chi connectivity index (χ4n) is 1.26. The highest BCUT2D eigenvalue weighted by atomic mass is 16.5. The number of hydrogen-bond donors (Lipinski definition) is 1. The molecule has 1 unspecified atom stereocenters. The lowest BCUT2D eigenvalue weighted by atomic mass is 10.0. The molecule has 1 amide bonds. The van der Waals surface area contributed by atoms with Crippen LogP contribution in [0.15, 0.2) is 0 Å². The molecule has 0 aliphatic heterocycles. The maximum atomic E-state index is 11.7. The molecule has 0 rings (SSSR count). The van der Waals surface area contributed by atoms with Crippen LogP contribution in [0.4, 0.5) is 0 Å². The molecule has 0 spiro atoms. The number of nitrogens with one attached hydrogen (secondary N) is 1. The Morgan fingerprint density at radius 1 is 1.39 bits per heavy atom. The van der Waals surface area contributed by atoms with Crippen molar-refractivity contribution in [2.24, 2.45) is 11.8 Å². The number of rotatable bonds is 9. The fourth-order valence-corrected chi connectivity index (χ4v) is 1.26. The number of carbonyl (C=O) groups excluding carboxylic acids is 2. The second-order valence-electron chi connectivity index (χ2n) is 4.54. The van der Waals surface area contributed by atoms with Gasteiger partial charge in [-0.3, -0.25) is 9.59 Å². The van der Waals surface area contributed by atoms with Crippen molar-refractivity contribution in [1.29, 1.82) is 5.26 Å². The molecule has 0 heterocycles. The van der Waals surface area contributed by atoms with Crippen LogP contribution in [0, 0.1) is 23.2 Å². The molecule has 1 atom stereocenters. The van der Waals surface area contributed by atoms with Crippen molar-refractivity contribution in [2.45, 2.75) is 33.6 Å². The average Bonchev–Trinajstić information content (AvgIpc) is 2.32. The molecule has 0 aromatic carbocycles. The maximum Gasteiger partial charge on any atom is 0.244 e. The fraction of sp³-hybridized carbons (Fsp3) is 0.769. The minimum absolute atomic E-state index is 0.102. The largest absolute Gasteiger partial charge is 0.381 e. The second-order valence-corrected chi connectivity index (χ2v) is 4.54. The van der Waals surface area contributed by atoms with Crippen LogP contribution < -0.4 is 5.32 Å². The summed E-state index contributed by atoms with van der Waals surface area (Å²) in [6.45, 7) is 7.25. The molecule has 0 aromatic heterocycles. The number of nitriles is 1. The van der Waals surface area contributed by atoms with Gasteiger partial charge in [0.1, 0.15) is 0 Å². The number of amides is 1. The Morgan fingerprint density at radius 2 is 2.06 bits per heavy atom. The van der Waals surface area contributed by atoms with Gasteiger partial charge in [-0.1, -0.05) is 20.8 Å². The Bertz CT molecular complexity index is 308. The van der Waals surface area contributed by atoms with Crippen LogP contribution in [0.1, 0.15) is 33.6 Å². The van der Waals surface area contributed by atoms with E-state index in [0.29, 0.717) is 19.1 Å². The first-order valence-electron chi connectivity index (χ1n) is 6.30. The Hall–Kier alpha value is -1.41. The highest BCUT2D eigenvalue weighted by molar-refractivity contribution is 6.03. The summed E-state index contributed by atoms with van der Waals surface area (Å²) in [5.74, 6) is -1.69. The van der Waals surface area contributed by atoms with Gasteiger partial charge in [0.05, 0.1) is 12.7 Å². The Morgan fingerprint density at radius 3 is 2.56 bits per heavy atom. The van der Waals surface area contributed by atoms with Gasteiger partial charge >= 0.3 is 0 Å². The minimum Gasteiger partial charge on any atom is -0.381 e. The Labute approximate surface area is 108 Å². The zero-order valence-electron chi connectivity index (χ0n) is 11.4. The predicted octanol–water partition coefficient (Wildman–Crippen LogP) is 1.28. The highest BCUT2D eigenvalue weighted by Crippen LogP contribution is 2.02. The summed E-state index contributed by atoms with van der Waals surface area (Å²) in [6, 6.07) is 1.74. The Kier molecular flexibility index (Phi) is 8.85. The van der Waals surface area contributed by atoms with Gasteiger partial charge in [-0.2, -0.15) is 5.26 Å². The summed E-state index contributed by atoms with van der Waals surface area (Å²) in [7, 11) is 0. The second kappa shape index (κ2) is 9.60. The van der Waals surface area contributed by atoms with Gasteiger partial charge in [-0.15, -0.1) is 0 Å². The van der Waals surface area contributed by atoms with Crippen molar-refractivity contribution < 1.29 is 14.3 Å². The van der Waals surface area contributed by atoms with Crippen molar-refractivity contribution in [3.63, 3.8) is 0 Å². The molecule has 102 valence electrons. The topological polar surface area (TPSA) is 79.2 Å². The number of Topliss-reactive ketones (excluding diaryl/α,β-unsaturated/α-hetero) is 1. The summed E-state index contributed by atoms with van der Waals surface area (Å²) in [6.07, 6.45) is 0.875. The molecule has 5 nitrogen and oxygen atoms in total. The zero-order valence-corrected chi connectivity index (χ0v) is 11.4. The van der Waals surface area contributed by atoms with Gasteiger partial charge in [0.2, 0.25) is 5.91 Å². The maximum absolute atomic E-state index is 11.7. The monoisotopic (exact) mass is 254 g/mol. The van der Waals surface area contributed by atoms with Crippen molar-refractivity contribution in [3.8, 4) is 6.07 Å². The first kappa shape index (κ1) is 16.6. The summed E-state index contributed by atoms with van der Waals surface area (Å²) in [5, 5.41) is 11.4. The smallest absolute Gasteiger partial charge is 0.244 e. The molecule has 5 heteroatoms. The quantitative estimate of drug-likeness (QED) is 0.496. The van der Waals surface area contributed by atoms with Gasteiger partial charge in [-0.05, 0) is 12.3 Å². The molecule has 0 aromatic rings. The van der Waals surface area contributed by atoms with Crippen LogP contribution in [-0.2, 0) is 14.3 Å². The van der Waals surface area contributed by atoms with E-state index in [0.717, 1.165) is 6.42 Å². The molecule has 0 saturated carbocycles. The number of ketones is 1. The normalized spacial score (nSPS) is 11.9. The first-order valence-corrected chi connectivity index (χ1v) is 6.30. The number of carbonyl (C=O) groups is 2. The van der Waals surface area contributed by atoms with Crippen LogP contribution in [0.3, 0.4) is 0 Å². The van der Waals surface area contributed by atoms with Crippen molar-refractivity contribution in [3.05, 3.63) is 0 Å². The van der Waals surface area contributed by atoms with E-state index in [2.05, 4.69) is 5.32 Å². The van der Waals surface area contributed by atoms with E-state index in [1.807, 2.05) is 20.8 Å². The molecule has 0 aliphatic carbocycles. The van der Waals surface area contributed by atoms with Gasteiger partial charge in [0, 0.05) is 19.6 Å². The molecule has 0 saturated heterocycles. The van der Waals surface area contributed by atoms with E-state index >= 15 is 0 Å². The van der Waals surface area contributed by atoms with Gasteiger partial charge in [-0.25, -0.2) is 0 Å². The van der Waals surface area contributed by atoms with Gasteiger partial charge < -0.3 is 10.1 Å². The van der Waals surface area contributed by atoms with Crippen LogP contribution in [0.25, 0.3) is 0 Å². The van der Waals surface area contributed by atoms with E-state index in [9.17, 15) is 9.59 Å². The predicted molar refractivity (Wildman–Crippen MR) is 67.7 cm³/mol. The molecule has 1 N–H and O–H groups in total. The molecule has 0 bridgehead atoms. The lowest BCUT2D eigenvalue weighted by Gasteiger charge is -2.09. The lowest BCUT2D eigenvalue weighted by Crippen LogP contribution is -2.35. The molecule has 0 aliphatic rings. The van der Waals surface area contributed by atoms with Crippen LogP contribution in [-0.4, -0.2) is 31.4 Å². The SMILES string of the molecule is CCCNC(=O)C(C#N)C(=O)CCOCC(C)C. The summed E-state index contributed by atoms with van der Waals surface area (Å²) in [5.41, 5.74) is 0. The van der Waals surface area contributed by atoms with E-state index in [-0.39, 0.29) is 18.8 Å². The third-order valence-electron chi connectivity index (χ3n) is 2.21. The average molecular weight is 254 g/mol. The van der Waals surface area contributed by atoms with Crippen molar-refractivity contribution in [1.82, 2.24) is 5.32 Å². The third kappa shape index (κ3) is 7.02. The van der Waals surface area contributed by atoms with Crippen molar-refractivity contribution >= 4 is 11.7 Å². The molecular formula is C13H22N2O3. The third-order valence-corrected chi connectivity index (χ3v) is 2.21. The number of hydrogen-bond acceptors (Lipinski definition) is 4. The van der Waals surface area contributed by atoms with Gasteiger partial charge in [0.15, 0.2) is 11.7 Å². The van der Waals surface area contributed by atoms with E-state index in [1.165, 1.54) is 0 Å². The summed E-state index contributed by atoms with van der Waals surface area (Å²) < 4.78 is 5.26. The van der Waals surface area contributed by atoms with E-state index in [1.54, 1.807) is 6.07 Å². The molecule has 18 heavy (non-hydrogen) atoms. The first-order chi connectivity index (χ1) is 8.52. The standard InChI is InChI=1S/C13H22N2O3/c1-4-6-15-13(17)11(8-14)12(16)5-7-18-9-10(2)3/h10-11H,4-7,9H2,1-3H3,(H,15,17). The molecule has 0 fully saturated rings. The molecule has 0 radical (unpaired) electrons. The summed E-state index contributed by atoms with van der Waals surface area (Å²) in [4.78, 5) is 23.2. The minimum atomic E-state index is -1.21. The van der Waals surface area contributed by atoms with Crippen LogP contribution >= 0.6 is 0 Å². The van der Waals surface area contributed by atoms with Crippen LogP contribution in [0.5, 0.6) is 0 Å². The van der Waals surface area contributed by atoms with Crippen LogP contribution in [0.2, 0.25) is 0 Å². The van der Waals surface area contributed by atoms with Gasteiger partial charge in [0.25, 0.3) is 0 Å². The number of ether oxygens (including phenoxy) is 1. The zero-order chi connectivity index (χ0) is 14.0. The summed E-state index contributed by atoms with van der Waals surface area (Å²) >= 11 is 0. The van der Waals surface area contributed by atoms with E-state index in [4.69, 9.17) is 10.00 Å².